The molecule has 0 heterocycles. The molecule has 0 aliphatic heterocycles. The van der Waals surface area contributed by atoms with Gasteiger partial charge in [0.2, 0.25) is 0 Å². The average molecular weight is 203 g/mol. The van der Waals surface area contributed by atoms with E-state index < -0.39 is 0 Å². The highest BCUT2D eigenvalue weighted by Gasteiger charge is 2.30. The van der Waals surface area contributed by atoms with Crippen molar-refractivity contribution in [2.45, 2.75) is 32.1 Å². The number of rotatable bonds is 4. The molecule has 1 heteroatoms. The first-order valence-corrected chi connectivity index (χ1v) is 6.08. The average Bonchev–Trinajstić information content (AvgIpc) is 2.25. The molecule has 0 amide bonds. The van der Waals surface area contributed by atoms with E-state index in [0.29, 0.717) is 0 Å². The van der Waals surface area contributed by atoms with E-state index in [-0.39, 0.29) is 0 Å². The third kappa shape index (κ3) is 2.23. The number of nitrogens with one attached hydrogen (secondary N) is 1. The molecule has 2 rings (SSSR count). The molecule has 1 aromatic carbocycles. The summed E-state index contributed by atoms with van der Waals surface area (Å²) in [4.78, 5) is 0. The molecule has 15 heavy (non-hydrogen) atoms. The van der Waals surface area contributed by atoms with Gasteiger partial charge in [0.1, 0.15) is 0 Å². The van der Waals surface area contributed by atoms with Crippen molar-refractivity contribution < 1.29 is 0 Å². The maximum absolute atomic E-state index is 3.29. The lowest BCUT2D eigenvalue weighted by molar-refractivity contribution is 0.250. The van der Waals surface area contributed by atoms with Gasteiger partial charge in [-0.1, -0.05) is 31.2 Å². The molecule has 1 nitrogen and oxygen atoms in total. The van der Waals surface area contributed by atoms with Crippen LogP contribution < -0.4 is 5.32 Å². The summed E-state index contributed by atoms with van der Waals surface area (Å²) in [6.07, 6.45) is 3.91. The highest BCUT2D eigenvalue weighted by atomic mass is 14.8. The van der Waals surface area contributed by atoms with E-state index in [1.165, 1.54) is 24.9 Å². The van der Waals surface area contributed by atoms with E-state index in [4.69, 9.17) is 0 Å². The molecule has 1 fully saturated rings. The molecule has 0 saturated heterocycles. The molecule has 1 aliphatic carbocycles. The van der Waals surface area contributed by atoms with Crippen LogP contribution in [0.2, 0.25) is 0 Å². The van der Waals surface area contributed by atoms with Crippen molar-refractivity contribution in [1.82, 2.24) is 5.32 Å². The van der Waals surface area contributed by atoms with Gasteiger partial charge < -0.3 is 5.32 Å². The number of aryl methyl sites for hydroxylation is 1. The molecular weight excluding hydrogens is 182 g/mol. The first kappa shape index (κ1) is 10.7. The number of benzene rings is 1. The quantitative estimate of drug-likeness (QED) is 0.793. The molecule has 1 aliphatic rings. The lowest BCUT2D eigenvalue weighted by Gasteiger charge is -2.37. The summed E-state index contributed by atoms with van der Waals surface area (Å²) in [5.74, 6) is 1.67. The third-order valence-electron chi connectivity index (χ3n) is 3.70. The predicted molar refractivity (Wildman–Crippen MR) is 65.2 cm³/mol. The molecule has 1 saturated carbocycles. The van der Waals surface area contributed by atoms with Gasteiger partial charge in [-0.15, -0.1) is 0 Å². The largest absolute Gasteiger partial charge is 0.319 e. The Morgan fingerprint density at radius 3 is 2.40 bits per heavy atom. The zero-order chi connectivity index (χ0) is 10.7. The summed E-state index contributed by atoms with van der Waals surface area (Å²) in [7, 11) is 2.05. The standard InChI is InChI=1S/C14H21N/c1-3-11-4-6-12(7-5-11)14-9-8-13(14)10-15-2/h4-7,13-15H,3,8-10H2,1-2H3. The van der Waals surface area contributed by atoms with Crippen molar-refractivity contribution in [2.24, 2.45) is 5.92 Å². The zero-order valence-corrected chi connectivity index (χ0v) is 9.79. The van der Waals surface area contributed by atoms with E-state index in [9.17, 15) is 0 Å². The minimum absolute atomic E-state index is 0.809. The molecule has 0 radical (unpaired) electrons. The predicted octanol–water partition coefficient (Wildman–Crippen LogP) is 2.96. The fourth-order valence-corrected chi connectivity index (χ4v) is 2.51. The van der Waals surface area contributed by atoms with Crippen LogP contribution in [0, 0.1) is 5.92 Å². The van der Waals surface area contributed by atoms with Crippen molar-refractivity contribution >= 4 is 0 Å². The topological polar surface area (TPSA) is 12.0 Å². The monoisotopic (exact) mass is 203 g/mol. The Morgan fingerprint density at radius 1 is 1.20 bits per heavy atom. The van der Waals surface area contributed by atoms with Crippen LogP contribution in [-0.2, 0) is 6.42 Å². The molecule has 0 aromatic heterocycles. The van der Waals surface area contributed by atoms with E-state index >= 15 is 0 Å². The Bertz CT molecular complexity index is 302. The third-order valence-corrected chi connectivity index (χ3v) is 3.70. The van der Waals surface area contributed by atoms with Crippen LogP contribution in [0.25, 0.3) is 0 Å². The molecule has 0 bridgehead atoms. The van der Waals surface area contributed by atoms with Crippen molar-refractivity contribution in [1.29, 1.82) is 0 Å². The van der Waals surface area contributed by atoms with E-state index in [1.807, 2.05) is 0 Å². The van der Waals surface area contributed by atoms with Crippen LogP contribution in [0.5, 0.6) is 0 Å². The van der Waals surface area contributed by atoms with E-state index in [1.54, 1.807) is 5.56 Å². The Kier molecular flexibility index (Phi) is 3.42. The summed E-state index contributed by atoms with van der Waals surface area (Å²) < 4.78 is 0. The first-order valence-electron chi connectivity index (χ1n) is 6.08. The SMILES string of the molecule is CCc1ccc(C2CCC2CNC)cc1. The Balaban J connectivity index is 2.03. The molecule has 2 atom stereocenters. The minimum atomic E-state index is 0.809. The van der Waals surface area contributed by atoms with E-state index in [0.717, 1.165) is 18.3 Å². The number of hydrogen-bond acceptors (Lipinski definition) is 1. The maximum Gasteiger partial charge on any atom is -0.00177 e. The normalized spacial score (nSPS) is 24.9. The van der Waals surface area contributed by atoms with Crippen molar-refractivity contribution in [3.05, 3.63) is 35.4 Å². The first-order chi connectivity index (χ1) is 7.35. The van der Waals surface area contributed by atoms with Gasteiger partial charge in [0.15, 0.2) is 0 Å². The summed E-state index contributed by atoms with van der Waals surface area (Å²) in [5.41, 5.74) is 2.99. The lowest BCUT2D eigenvalue weighted by Crippen LogP contribution is -2.32. The summed E-state index contributed by atoms with van der Waals surface area (Å²) >= 11 is 0. The van der Waals surface area contributed by atoms with Gasteiger partial charge in [-0.2, -0.15) is 0 Å². The van der Waals surface area contributed by atoms with Crippen molar-refractivity contribution in [3.8, 4) is 0 Å². The Morgan fingerprint density at radius 2 is 1.93 bits per heavy atom. The maximum atomic E-state index is 3.29. The van der Waals surface area contributed by atoms with E-state index in [2.05, 4.69) is 43.6 Å². The minimum Gasteiger partial charge on any atom is -0.319 e. The second kappa shape index (κ2) is 4.80. The highest BCUT2D eigenvalue weighted by molar-refractivity contribution is 5.27. The molecule has 1 N–H and O–H groups in total. The smallest absolute Gasteiger partial charge is 0.00177 e. The van der Waals surface area contributed by atoms with Gasteiger partial charge in [0.05, 0.1) is 0 Å². The van der Waals surface area contributed by atoms with Gasteiger partial charge >= 0.3 is 0 Å². The second-order valence-corrected chi connectivity index (χ2v) is 4.60. The molecule has 1 aromatic rings. The van der Waals surface area contributed by atoms with Crippen LogP contribution >= 0.6 is 0 Å². The Labute approximate surface area is 92.9 Å². The van der Waals surface area contributed by atoms with Crippen LogP contribution in [-0.4, -0.2) is 13.6 Å². The lowest BCUT2D eigenvalue weighted by atomic mass is 9.70. The second-order valence-electron chi connectivity index (χ2n) is 4.60. The summed E-state index contributed by atoms with van der Waals surface area (Å²) in [5, 5.41) is 3.29. The van der Waals surface area contributed by atoms with Crippen molar-refractivity contribution in [2.75, 3.05) is 13.6 Å². The Hall–Kier alpha value is -0.820. The molecule has 2 unspecified atom stereocenters. The van der Waals surface area contributed by atoms with Crippen LogP contribution in [0.4, 0.5) is 0 Å². The zero-order valence-electron chi connectivity index (χ0n) is 9.79. The van der Waals surface area contributed by atoms with Gasteiger partial charge in [-0.25, -0.2) is 0 Å². The van der Waals surface area contributed by atoms with Gasteiger partial charge in [-0.05, 0) is 55.8 Å². The molecule has 0 spiro atoms. The fraction of sp³-hybridized carbons (Fsp3) is 0.571. The van der Waals surface area contributed by atoms with Crippen LogP contribution in [0.3, 0.4) is 0 Å². The highest BCUT2D eigenvalue weighted by Crippen LogP contribution is 2.41. The van der Waals surface area contributed by atoms with Crippen molar-refractivity contribution in [3.63, 3.8) is 0 Å². The van der Waals surface area contributed by atoms with Gasteiger partial charge in [-0.3, -0.25) is 0 Å². The van der Waals surface area contributed by atoms with Crippen LogP contribution in [0.15, 0.2) is 24.3 Å². The number of hydrogen-bond donors (Lipinski definition) is 1. The van der Waals surface area contributed by atoms with Gasteiger partial charge in [0, 0.05) is 0 Å². The van der Waals surface area contributed by atoms with Gasteiger partial charge in [0.25, 0.3) is 0 Å². The van der Waals surface area contributed by atoms with Crippen LogP contribution in [0.1, 0.15) is 36.8 Å². The molecular formula is C14H21N. The fourth-order valence-electron chi connectivity index (χ4n) is 2.51. The summed E-state index contributed by atoms with van der Waals surface area (Å²) in [6.45, 7) is 3.38. The molecule has 82 valence electrons. The summed E-state index contributed by atoms with van der Waals surface area (Å²) in [6, 6.07) is 9.21.